The average Bonchev–Trinajstić information content (AvgIpc) is 2.28. The number of hydrogen-bond donors (Lipinski definition) is 2. The maximum atomic E-state index is 12.9. The van der Waals surface area contributed by atoms with Crippen LogP contribution in [0.1, 0.15) is 0 Å². The number of benzene rings is 1. The topological polar surface area (TPSA) is 54.0 Å². The van der Waals surface area contributed by atoms with Crippen molar-refractivity contribution in [2.24, 2.45) is 0 Å². The zero-order chi connectivity index (χ0) is 13.0. The SMILES string of the molecule is O=C(Nc1cccnc1)Nc1cc(F)cc(F)c1. The van der Waals surface area contributed by atoms with Crippen LogP contribution in [0.25, 0.3) is 0 Å². The van der Waals surface area contributed by atoms with Crippen molar-refractivity contribution in [3.63, 3.8) is 0 Å². The fraction of sp³-hybridized carbons (Fsp3) is 0. The van der Waals surface area contributed by atoms with E-state index in [0.29, 0.717) is 5.69 Å². The Kier molecular flexibility index (Phi) is 3.47. The number of carbonyl (C=O) groups excluding carboxylic acids is 1. The van der Waals surface area contributed by atoms with Crippen LogP contribution in [-0.2, 0) is 0 Å². The first-order chi connectivity index (χ1) is 8.63. The minimum absolute atomic E-state index is 0.0360. The van der Waals surface area contributed by atoms with E-state index >= 15 is 0 Å². The molecule has 2 rings (SSSR count). The monoisotopic (exact) mass is 249 g/mol. The molecule has 0 aliphatic heterocycles. The minimum atomic E-state index is -0.758. The molecule has 0 saturated carbocycles. The summed E-state index contributed by atoms with van der Waals surface area (Å²) in [7, 11) is 0. The second-order valence-electron chi connectivity index (χ2n) is 3.48. The molecule has 6 heteroatoms. The smallest absolute Gasteiger partial charge is 0.308 e. The Labute approximate surface area is 102 Å². The number of halogens is 2. The summed E-state index contributed by atoms with van der Waals surface area (Å²) in [6.45, 7) is 0. The molecule has 0 spiro atoms. The summed E-state index contributed by atoms with van der Waals surface area (Å²) in [5, 5.41) is 4.79. The van der Waals surface area contributed by atoms with Crippen LogP contribution in [0.3, 0.4) is 0 Å². The van der Waals surface area contributed by atoms with Crippen LogP contribution in [-0.4, -0.2) is 11.0 Å². The van der Waals surface area contributed by atoms with Gasteiger partial charge >= 0.3 is 6.03 Å². The molecular weight excluding hydrogens is 240 g/mol. The van der Waals surface area contributed by atoms with Gasteiger partial charge in [0.1, 0.15) is 11.6 Å². The third-order valence-corrected chi connectivity index (χ3v) is 2.04. The van der Waals surface area contributed by atoms with Gasteiger partial charge in [-0.15, -0.1) is 0 Å². The second kappa shape index (κ2) is 5.22. The number of urea groups is 1. The number of anilines is 2. The molecule has 92 valence electrons. The van der Waals surface area contributed by atoms with Crippen LogP contribution in [0, 0.1) is 11.6 Å². The highest BCUT2D eigenvalue weighted by molar-refractivity contribution is 5.99. The average molecular weight is 249 g/mol. The van der Waals surface area contributed by atoms with Crippen molar-refractivity contribution in [3.8, 4) is 0 Å². The quantitative estimate of drug-likeness (QED) is 0.859. The van der Waals surface area contributed by atoms with Gasteiger partial charge in [0.2, 0.25) is 0 Å². The van der Waals surface area contributed by atoms with Gasteiger partial charge in [0.15, 0.2) is 0 Å². The number of nitrogens with zero attached hydrogens (tertiary/aromatic N) is 1. The molecule has 0 fully saturated rings. The third-order valence-electron chi connectivity index (χ3n) is 2.04. The lowest BCUT2D eigenvalue weighted by Gasteiger charge is -2.07. The number of hydrogen-bond acceptors (Lipinski definition) is 2. The first-order valence-corrected chi connectivity index (χ1v) is 5.07. The summed E-state index contributed by atoms with van der Waals surface area (Å²) in [6, 6.07) is 5.45. The number of amides is 2. The van der Waals surface area contributed by atoms with E-state index in [1.54, 1.807) is 18.3 Å². The normalized spacial score (nSPS) is 9.89. The summed E-state index contributed by atoms with van der Waals surface area (Å²) in [5.41, 5.74) is 0.515. The highest BCUT2D eigenvalue weighted by Crippen LogP contribution is 2.13. The Balaban J connectivity index is 2.03. The number of carbonyl (C=O) groups is 1. The molecule has 0 radical (unpaired) electrons. The van der Waals surface area contributed by atoms with E-state index in [1.807, 2.05) is 0 Å². The molecule has 0 bridgehead atoms. The number of nitrogens with one attached hydrogen (secondary N) is 2. The van der Waals surface area contributed by atoms with Crippen LogP contribution in [0.15, 0.2) is 42.7 Å². The molecule has 0 aliphatic rings. The lowest BCUT2D eigenvalue weighted by molar-refractivity contribution is 0.262. The molecule has 18 heavy (non-hydrogen) atoms. The van der Waals surface area contributed by atoms with Gasteiger partial charge in [-0.2, -0.15) is 0 Å². The van der Waals surface area contributed by atoms with Crippen molar-refractivity contribution in [2.45, 2.75) is 0 Å². The van der Waals surface area contributed by atoms with E-state index in [1.165, 1.54) is 6.20 Å². The van der Waals surface area contributed by atoms with Crippen molar-refractivity contribution in [1.29, 1.82) is 0 Å². The molecule has 2 amide bonds. The molecular formula is C12H9F2N3O. The molecule has 4 nitrogen and oxygen atoms in total. The molecule has 1 heterocycles. The van der Waals surface area contributed by atoms with Gasteiger partial charge in [-0.05, 0) is 24.3 Å². The van der Waals surface area contributed by atoms with Gasteiger partial charge in [-0.3, -0.25) is 4.98 Å². The van der Waals surface area contributed by atoms with E-state index in [0.717, 1.165) is 18.2 Å². The van der Waals surface area contributed by atoms with Gasteiger partial charge < -0.3 is 10.6 Å². The summed E-state index contributed by atoms with van der Waals surface area (Å²) >= 11 is 0. The van der Waals surface area contributed by atoms with Crippen molar-refractivity contribution < 1.29 is 13.6 Å². The van der Waals surface area contributed by atoms with Crippen LogP contribution in [0.2, 0.25) is 0 Å². The molecule has 2 aromatic rings. The summed E-state index contributed by atoms with van der Waals surface area (Å²) < 4.78 is 25.8. The van der Waals surface area contributed by atoms with Crippen LogP contribution < -0.4 is 10.6 Å². The zero-order valence-corrected chi connectivity index (χ0v) is 9.15. The summed E-state index contributed by atoms with van der Waals surface area (Å²) in [5.74, 6) is -1.52. The fourth-order valence-electron chi connectivity index (χ4n) is 1.36. The van der Waals surface area contributed by atoms with Gasteiger partial charge in [0, 0.05) is 18.0 Å². The Morgan fingerprint density at radius 2 is 1.72 bits per heavy atom. The number of aromatic nitrogens is 1. The third kappa shape index (κ3) is 3.24. The molecule has 0 aliphatic carbocycles. The standard InChI is InChI=1S/C12H9F2N3O/c13-8-4-9(14)6-11(5-8)17-12(18)16-10-2-1-3-15-7-10/h1-7H,(H2,16,17,18). The first-order valence-electron chi connectivity index (χ1n) is 5.07. The lowest BCUT2D eigenvalue weighted by atomic mass is 10.3. The second-order valence-corrected chi connectivity index (χ2v) is 3.48. The van der Waals surface area contributed by atoms with Gasteiger partial charge in [0.25, 0.3) is 0 Å². The Bertz CT molecular complexity index is 540. The van der Waals surface area contributed by atoms with Gasteiger partial charge in [-0.25, -0.2) is 13.6 Å². The Morgan fingerprint density at radius 3 is 2.33 bits per heavy atom. The molecule has 0 unspecified atom stereocenters. The van der Waals surface area contributed by atoms with Gasteiger partial charge in [-0.1, -0.05) is 0 Å². The Morgan fingerprint density at radius 1 is 1.06 bits per heavy atom. The van der Waals surface area contributed by atoms with E-state index in [9.17, 15) is 13.6 Å². The largest absolute Gasteiger partial charge is 0.323 e. The van der Waals surface area contributed by atoms with E-state index in [2.05, 4.69) is 15.6 Å². The number of pyridine rings is 1. The van der Waals surface area contributed by atoms with Crippen molar-refractivity contribution in [2.75, 3.05) is 10.6 Å². The zero-order valence-electron chi connectivity index (χ0n) is 9.15. The molecule has 1 aromatic carbocycles. The molecule has 0 saturated heterocycles. The van der Waals surface area contributed by atoms with Gasteiger partial charge in [0.05, 0.1) is 11.9 Å². The number of rotatable bonds is 2. The van der Waals surface area contributed by atoms with Crippen molar-refractivity contribution in [3.05, 3.63) is 54.4 Å². The minimum Gasteiger partial charge on any atom is -0.308 e. The van der Waals surface area contributed by atoms with E-state index < -0.39 is 17.7 Å². The van der Waals surface area contributed by atoms with Crippen molar-refractivity contribution >= 4 is 17.4 Å². The highest BCUT2D eigenvalue weighted by atomic mass is 19.1. The van der Waals surface area contributed by atoms with E-state index in [4.69, 9.17) is 0 Å². The van der Waals surface area contributed by atoms with Crippen LogP contribution in [0.4, 0.5) is 25.0 Å². The Hall–Kier alpha value is -2.50. The summed E-state index contributed by atoms with van der Waals surface area (Å²) in [6.07, 6.45) is 3.01. The van der Waals surface area contributed by atoms with Crippen LogP contribution >= 0.6 is 0 Å². The summed E-state index contributed by atoms with van der Waals surface area (Å²) in [4.78, 5) is 15.3. The lowest BCUT2D eigenvalue weighted by Crippen LogP contribution is -2.19. The predicted octanol–water partition coefficient (Wildman–Crippen LogP) is 3.00. The predicted molar refractivity (Wildman–Crippen MR) is 63.2 cm³/mol. The van der Waals surface area contributed by atoms with E-state index in [-0.39, 0.29) is 5.69 Å². The maximum absolute atomic E-state index is 12.9. The fourth-order valence-corrected chi connectivity index (χ4v) is 1.36. The molecule has 0 atom stereocenters. The van der Waals surface area contributed by atoms with Crippen molar-refractivity contribution in [1.82, 2.24) is 4.98 Å². The molecule has 2 N–H and O–H groups in total. The van der Waals surface area contributed by atoms with Crippen LogP contribution in [0.5, 0.6) is 0 Å². The molecule has 1 aromatic heterocycles. The first kappa shape index (κ1) is 12.0. The maximum Gasteiger partial charge on any atom is 0.323 e. The highest BCUT2D eigenvalue weighted by Gasteiger charge is 2.05.